The molecule has 1 aliphatic rings. The lowest BCUT2D eigenvalue weighted by molar-refractivity contribution is 0.0827. The number of benzene rings is 1. The minimum atomic E-state index is -0.0775. The van der Waals surface area contributed by atoms with E-state index in [-0.39, 0.29) is 11.9 Å². The first-order valence-electron chi connectivity index (χ1n) is 10.6. The number of ether oxygens (including phenoxy) is 2. The maximum Gasteiger partial charge on any atom is 0.327 e. The average molecular weight is 445 g/mol. The second-order valence-electron chi connectivity index (χ2n) is 7.81. The molecular formula is C23H23N7O3. The molecule has 1 fully saturated rings. The van der Waals surface area contributed by atoms with Gasteiger partial charge in [0.1, 0.15) is 11.4 Å². The molecule has 1 aromatic carbocycles. The highest BCUT2D eigenvalue weighted by Crippen LogP contribution is 2.26. The van der Waals surface area contributed by atoms with Crippen LogP contribution in [0.5, 0.6) is 11.8 Å². The van der Waals surface area contributed by atoms with Crippen molar-refractivity contribution in [1.29, 1.82) is 0 Å². The molecule has 1 saturated heterocycles. The molecule has 0 bridgehead atoms. The van der Waals surface area contributed by atoms with Crippen LogP contribution in [0.2, 0.25) is 0 Å². The van der Waals surface area contributed by atoms with Gasteiger partial charge in [-0.3, -0.25) is 4.79 Å². The van der Waals surface area contributed by atoms with E-state index < -0.39 is 0 Å². The Labute approximate surface area is 190 Å². The molecule has 5 rings (SSSR count). The van der Waals surface area contributed by atoms with Crippen LogP contribution in [0.3, 0.4) is 0 Å². The van der Waals surface area contributed by atoms with Crippen molar-refractivity contribution < 1.29 is 14.3 Å². The number of fused-ring (bicyclic) bond motifs is 1. The van der Waals surface area contributed by atoms with Crippen LogP contribution in [0.25, 0.3) is 22.4 Å². The number of amides is 1. The Morgan fingerprint density at radius 1 is 1.09 bits per heavy atom. The Morgan fingerprint density at radius 2 is 1.88 bits per heavy atom. The molecule has 10 nitrogen and oxygen atoms in total. The van der Waals surface area contributed by atoms with Crippen LogP contribution < -0.4 is 9.64 Å². The number of carbonyl (C=O) groups is 1. The van der Waals surface area contributed by atoms with Crippen LogP contribution in [-0.2, 0) is 4.74 Å². The molecule has 0 spiro atoms. The van der Waals surface area contributed by atoms with Crippen molar-refractivity contribution in [2.75, 3.05) is 45.3 Å². The Hall–Kier alpha value is -4.05. The molecule has 0 unspecified atom stereocenters. The van der Waals surface area contributed by atoms with Crippen molar-refractivity contribution in [3.63, 3.8) is 0 Å². The van der Waals surface area contributed by atoms with Gasteiger partial charge in [-0.25, -0.2) is 4.98 Å². The molecule has 0 radical (unpaired) electrons. The smallest absolute Gasteiger partial charge is 0.327 e. The third kappa shape index (κ3) is 4.46. The van der Waals surface area contributed by atoms with Gasteiger partial charge in [-0.05, 0) is 36.4 Å². The first kappa shape index (κ1) is 20.8. The summed E-state index contributed by atoms with van der Waals surface area (Å²) in [5.41, 5.74) is 2.13. The van der Waals surface area contributed by atoms with E-state index in [0.717, 1.165) is 16.6 Å². The van der Waals surface area contributed by atoms with E-state index in [4.69, 9.17) is 9.47 Å². The van der Waals surface area contributed by atoms with Gasteiger partial charge in [0, 0.05) is 56.1 Å². The summed E-state index contributed by atoms with van der Waals surface area (Å²) in [7, 11) is 3.43. The molecule has 4 aromatic rings. The fourth-order valence-corrected chi connectivity index (χ4v) is 3.52. The predicted octanol–water partition coefficient (Wildman–Crippen LogP) is 2.75. The monoisotopic (exact) mass is 445 g/mol. The van der Waals surface area contributed by atoms with Crippen molar-refractivity contribution in [2.24, 2.45) is 0 Å². The number of hydrogen-bond donors (Lipinski definition) is 1. The predicted molar refractivity (Wildman–Crippen MR) is 122 cm³/mol. The summed E-state index contributed by atoms with van der Waals surface area (Å²) < 4.78 is 11.4. The Morgan fingerprint density at radius 3 is 2.64 bits per heavy atom. The SMILES string of the molecule is CN(C)C(=O)c1ccc(Oc2nc(-c3cnc4[nH]ccc4c3)nc(N3CCOCC3)n2)cc1. The van der Waals surface area contributed by atoms with Gasteiger partial charge in [0.05, 0.1) is 13.2 Å². The van der Waals surface area contributed by atoms with Gasteiger partial charge in [0.15, 0.2) is 5.82 Å². The number of anilines is 1. The number of aromatic amines is 1. The van der Waals surface area contributed by atoms with E-state index in [0.29, 0.717) is 49.4 Å². The van der Waals surface area contributed by atoms with E-state index >= 15 is 0 Å². The summed E-state index contributed by atoms with van der Waals surface area (Å²) in [6.45, 7) is 2.57. The Kier molecular flexibility index (Phi) is 5.57. The molecule has 0 saturated carbocycles. The zero-order valence-corrected chi connectivity index (χ0v) is 18.4. The van der Waals surface area contributed by atoms with Crippen LogP contribution in [-0.4, -0.2) is 76.1 Å². The minimum absolute atomic E-state index is 0.0775. The Bertz CT molecular complexity index is 1280. The van der Waals surface area contributed by atoms with E-state index in [1.54, 1.807) is 44.6 Å². The van der Waals surface area contributed by atoms with Crippen LogP contribution in [0.1, 0.15) is 10.4 Å². The lowest BCUT2D eigenvalue weighted by atomic mass is 10.2. The van der Waals surface area contributed by atoms with E-state index in [1.807, 2.05) is 23.2 Å². The number of rotatable bonds is 5. The van der Waals surface area contributed by atoms with Crippen LogP contribution in [0.15, 0.2) is 48.8 Å². The van der Waals surface area contributed by atoms with Crippen molar-refractivity contribution in [2.45, 2.75) is 0 Å². The third-order valence-electron chi connectivity index (χ3n) is 5.27. The molecule has 1 amide bonds. The zero-order valence-electron chi connectivity index (χ0n) is 18.4. The van der Waals surface area contributed by atoms with Crippen LogP contribution in [0.4, 0.5) is 5.95 Å². The summed E-state index contributed by atoms with van der Waals surface area (Å²) in [6, 6.07) is 11.0. The van der Waals surface area contributed by atoms with Gasteiger partial charge in [0.25, 0.3) is 5.91 Å². The summed E-state index contributed by atoms with van der Waals surface area (Å²) in [6.07, 6.45) is 3.57. The van der Waals surface area contributed by atoms with Gasteiger partial charge in [-0.2, -0.15) is 15.0 Å². The molecule has 0 aliphatic carbocycles. The molecule has 33 heavy (non-hydrogen) atoms. The first-order valence-corrected chi connectivity index (χ1v) is 10.6. The summed E-state index contributed by atoms with van der Waals surface area (Å²) >= 11 is 0. The molecule has 1 aliphatic heterocycles. The van der Waals surface area contributed by atoms with Gasteiger partial charge in [-0.1, -0.05) is 0 Å². The highest BCUT2D eigenvalue weighted by Gasteiger charge is 2.19. The average Bonchev–Trinajstić information content (AvgIpc) is 3.32. The molecular weight excluding hydrogens is 422 g/mol. The highest BCUT2D eigenvalue weighted by molar-refractivity contribution is 5.93. The first-order chi connectivity index (χ1) is 16.1. The van der Waals surface area contributed by atoms with Gasteiger partial charge < -0.3 is 24.3 Å². The van der Waals surface area contributed by atoms with E-state index in [9.17, 15) is 4.79 Å². The number of H-pyrrole nitrogens is 1. The van der Waals surface area contributed by atoms with E-state index in [2.05, 4.69) is 24.9 Å². The fraction of sp³-hybridized carbons (Fsp3) is 0.261. The largest absolute Gasteiger partial charge is 0.424 e. The number of hydrogen-bond acceptors (Lipinski definition) is 8. The van der Waals surface area contributed by atoms with Gasteiger partial charge in [0.2, 0.25) is 5.95 Å². The normalized spacial score (nSPS) is 13.8. The standard InChI is InChI=1S/C23H23N7O3/c1-29(2)21(31)15-3-5-18(6-4-15)33-23-27-20(17-13-16-7-8-24-19(16)25-14-17)26-22(28-23)30-9-11-32-12-10-30/h3-8,13-14H,9-12H2,1-2H3,(H,24,25). The van der Waals surface area contributed by atoms with Gasteiger partial charge in [-0.15, -0.1) is 0 Å². The van der Waals surface area contributed by atoms with Crippen molar-refractivity contribution in [3.05, 3.63) is 54.4 Å². The lowest BCUT2D eigenvalue weighted by Crippen LogP contribution is -2.37. The second-order valence-corrected chi connectivity index (χ2v) is 7.81. The quantitative estimate of drug-likeness (QED) is 0.499. The molecule has 1 N–H and O–H groups in total. The second kappa shape index (κ2) is 8.83. The zero-order chi connectivity index (χ0) is 22.8. The summed E-state index contributed by atoms with van der Waals surface area (Å²) in [5, 5.41) is 0.962. The van der Waals surface area contributed by atoms with Crippen molar-refractivity contribution in [3.8, 4) is 23.1 Å². The molecule has 3 aromatic heterocycles. The number of pyridine rings is 1. The maximum atomic E-state index is 12.1. The molecule has 168 valence electrons. The van der Waals surface area contributed by atoms with Gasteiger partial charge >= 0.3 is 6.01 Å². The molecule has 10 heteroatoms. The number of morpholine rings is 1. The highest BCUT2D eigenvalue weighted by atomic mass is 16.5. The molecule has 0 atom stereocenters. The molecule has 4 heterocycles. The fourth-order valence-electron chi connectivity index (χ4n) is 3.52. The number of nitrogens with one attached hydrogen (secondary N) is 1. The van der Waals surface area contributed by atoms with Crippen LogP contribution in [0, 0.1) is 0 Å². The Balaban J connectivity index is 1.49. The summed E-state index contributed by atoms with van der Waals surface area (Å²) in [4.78, 5) is 37.0. The summed E-state index contributed by atoms with van der Waals surface area (Å²) in [5.74, 6) is 1.43. The van der Waals surface area contributed by atoms with Crippen molar-refractivity contribution in [1.82, 2.24) is 29.8 Å². The topological polar surface area (TPSA) is 109 Å². The van der Waals surface area contributed by atoms with E-state index in [1.165, 1.54) is 4.90 Å². The third-order valence-corrected chi connectivity index (χ3v) is 5.27. The maximum absolute atomic E-state index is 12.1. The van der Waals surface area contributed by atoms with Crippen LogP contribution >= 0.6 is 0 Å². The number of carbonyl (C=O) groups excluding carboxylic acids is 1. The van der Waals surface area contributed by atoms with Crippen molar-refractivity contribution >= 4 is 22.9 Å². The lowest BCUT2D eigenvalue weighted by Gasteiger charge is -2.27. The number of aromatic nitrogens is 5. The number of nitrogens with zero attached hydrogens (tertiary/aromatic N) is 6. The minimum Gasteiger partial charge on any atom is -0.424 e.